The van der Waals surface area contributed by atoms with Gasteiger partial charge in [-0.3, -0.25) is 4.90 Å². The van der Waals surface area contributed by atoms with Crippen molar-refractivity contribution >= 4 is 0 Å². The zero-order valence-electron chi connectivity index (χ0n) is 11.7. The predicted molar refractivity (Wildman–Crippen MR) is 71.3 cm³/mol. The van der Waals surface area contributed by atoms with Crippen LogP contribution in [0.5, 0.6) is 0 Å². The van der Waals surface area contributed by atoms with E-state index in [1.807, 2.05) is 7.11 Å². The van der Waals surface area contributed by atoms with Crippen molar-refractivity contribution in [3.63, 3.8) is 0 Å². The van der Waals surface area contributed by atoms with E-state index in [1.54, 1.807) is 0 Å². The first-order chi connectivity index (χ1) is 8.05. The number of ether oxygens (including phenoxy) is 1. The molecule has 0 aromatic heterocycles. The molecule has 1 saturated heterocycles. The van der Waals surface area contributed by atoms with E-state index < -0.39 is 0 Å². The van der Waals surface area contributed by atoms with Crippen LogP contribution < -0.4 is 5.32 Å². The third-order valence-corrected chi connectivity index (χ3v) is 4.40. The zero-order valence-corrected chi connectivity index (χ0v) is 11.7. The maximum atomic E-state index is 5.57. The van der Waals surface area contributed by atoms with E-state index >= 15 is 0 Å². The second-order valence-electron chi connectivity index (χ2n) is 6.44. The third-order valence-electron chi connectivity index (χ3n) is 4.40. The number of methoxy groups -OCH3 is 1. The van der Waals surface area contributed by atoms with Crippen molar-refractivity contribution in [1.29, 1.82) is 0 Å². The van der Waals surface area contributed by atoms with Crippen LogP contribution in [-0.4, -0.2) is 49.3 Å². The molecule has 0 unspecified atom stereocenters. The molecular weight excluding hydrogens is 212 g/mol. The van der Waals surface area contributed by atoms with Crippen molar-refractivity contribution in [3.05, 3.63) is 0 Å². The Morgan fingerprint density at radius 1 is 1.24 bits per heavy atom. The van der Waals surface area contributed by atoms with Crippen LogP contribution in [0.2, 0.25) is 0 Å². The van der Waals surface area contributed by atoms with E-state index in [9.17, 15) is 0 Å². The van der Waals surface area contributed by atoms with Crippen LogP contribution in [0.1, 0.15) is 46.0 Å². The Bertz CT molecular complexity index is 247. The highest BCUT2D eigenvalue weighted by molar-refractivity contribution is 4.97. The highest BCUT2D eigenvalue weighted by Crippen LogP contribution is 2.32. The smallest absolute Gasteiger partial charge is 0.0749 e. The van der Waals surface area contributed by atoms with Gasteiger partial charge in [0.05, 0.1) is 5.60 Å². The van der Waals surface area contributed by atoms with E-state index in [0.717, 1.165) is 6.54 Å². The maximum absolute atomic E-state index is 5.57. The fraction of sp³-hybridized carbons (Fsp3) is 1.00. The van der Waals surface area contributed by atoms with Crippen molar-refractivity contribution in [2.45, 2.75) is 57.1 Å². The molecule has 0 amide bonds. The van der Waals surface area contributed by atoms with Gasteiger partial charge in [-0.15, -0.1) is 0 Å². The van der Waals surface area contributed by atoms with Crippen molar-refractivity contribution < 1.29 is 4.74 Å². The maximum Gasteiger partial charge on any atom is 0.0749 e. The van der Waals surface area contributed by atoms with Gasteiger partial charge in [0.15, 0.2) is 0 Å². The van der Waals surface area contributed by atoms with E-state index in [1.165, 1.54) is 51.7 Å². The van der Waals surface area contributed by atoms with Crippen LogP contribution in [0, 0.1) is 0 Å². The van der Waals surface area contributed by atoms with Gasteiger partial charge in [-0.05, 0) is 46.2 Å². The van der Waals surface area contributed by atoms with Gasteiger partial charge < -0.3 is 10.1 Å². The zero-order chi connectivity index (χ0) is 12.4. The first-order valence-electron chi connectivity index (χ1n) is 7.08. The Labute approximate surface area is 106 Å². The van der Waals surface area contributed by atoms with Gasteiger partial charge in [-0.2, -0.15) is 0 Å². The van der Waals surface area contributed by atoms with E-state index in [2.05, 4.69) is 24.1 Å². The fourth-order valence-electron chi connectivity index (χ4n) is 3.34. The minimum absolute atomic E-state index is 0.0237. The summed E-state index contributed by atoms with van der Waals surface area (Å²) in [6.07, 6.45) is 6.78. The van der Waals surface area contributed by atoms with Gasteiger partial charge in [-0.1, -0.05) is 12.8 Å². The Balaban J connectivity index is 1.97. The second kappa shape index (κ2) is 5.25. The molecule has 100 valence electrons. The summed E-state index contributed by atoms with van der Waals surface area (Å²) in [5.41, 5.74) is 0.393. The van der Waals surface area contributed by atoms with Gasteiger partial charge in [0, 0.05) is 25.7 Å². The minimum atomic E-state index is -0.0237. The lowest BCUT2D eigenvalue weighted by molar-refractivity contribution is -0.0108. The van der Waals surface area contributed by atoms with Crippen LogP contribution in [0.4, 0.5) is 0 Å². The molecule has 1 spiro atoms. The minimum Gasteiger partial charge on any atom is -0.377 e. The average molecular weight is 240 g/mol. The molecule has 0 aromatic carbocycles. The molecule has 2 rings (SSSR count). The second-order valence-corrected chi connectivity index (χ2v) is 6.44. The molecule has 17 heavy (non-hydrogen) atoms. The summed E-state index contributed by atoms with van der Waals surface area (Å²) in [6, 6.07) is 0. The van der Waals surface area contributed by atoms with Crippen LogP contribution in [0.25, 0.3) is 0 Å². The van der Waals surface area contributed by atoms with Gasteiger partial charge >= 0.3 is 0 Å². The predicted octanol–water partition coefficient (Wildman–Crippen LogP) is 2.02. The Kier molecular flexibility index (Phi) is 4.11. The number of hydrogen-bond acceptors (Lipinski definition) is 3. The molecule has 1 N–H and O–H groups in total. The highest BCUT2D eigenvalue weighted by Gasteiger charge is 2.37. The van der Waals surface area contributed by atoms with E-state index in [0.29, 0.717) is 5.54 Å². The highest BCUT2D eigenvalue weighted by atomic mass is 16.5. The summed E-state index contributed by atoms with van der Waals surface area (Å²) in [7, 11) is 1.82. The molecule has 1 aliphatic carbocycles. The van der Waals surface area contributed by atoms with Crippen LogP contribution >= 0.6 is 0 Å². The SMILES string of the molecule is COC(C)(C)CN1CCCNC2(CCCC2)C1. The molecule has 3 nitrogen and oxygen atoms in total. The Hall–Kier alpha value is -0.120. The van der Waals surface area contributed by atoms with Crippen molar-refractivity contribution in [2.24, 2.45) is 0 Å². The molecule has 3 heteroatoms. The van der Waals surface area contributed by atoms with E-state index in [4.69, 9.17) is 4.74 Å². The van der Waals surface area contributed by atoms with Crippen molar-refractivity contribution in [2.75, 3.05) is 33.3 Å². The number of nitrogens with zero attached hydrogens (tertiary/aromatic N) is 1. The first-order valence-corrected chi connectivity index (χ1v) is 7.08. The van der Waals surface area contributed by atoms with Gasteiger partial charge in [0.1, 0.15) is 0 Å². The molecule has 2 fully saturated rings. The van der Waals surface area contributed by atoms with Crippen LogP contribution in [-0.2, 0) is 4.74 Å². The van der Waals surface area contributed by atoms with Gasteiger partial charge in [0.2, 0.25) is 0 Å². The number of rotatable bonds is 3. The molecule has 0 bridgehead atoms. The molecule has 0 aromatic rings. The molecule has 0 radical (unpaired) electrons. The molecule has 0 atom stereocenters. The average Bonchev–Trinajstić information content (AvgIpc) is 2.63. The van der Waals surface area contributed by atoms with E-state index in [-0.39, 0.29) is 5.60 Å². The Morgan fingerprint density at radius 2 is 1.94 bits per heavy atom. The lowest BCUT2D eigenvalue weighted by Gasteiger charge is -2.36. The summed E-state index contributed by atoms with van der Waals surface area (Å²) in [5, 5.41) is 3.81. The molecule has 1 saturated carbocycles. The summed E-state index contributed by atoms with van der Waals surface area (Å²) in [4.78, 5) is 2.61. The van der Waals surface area contributed by atoms with Crippen LogP contribution in [0.15, 0.2) is 0 Å². The summed E-state index contributed by atoms with van der Waals surface area (Å²) in [5.74, 6) is 0. The lowest BCUT2D eigenvalue weighted by Crippen LogP contribution is -2.51. The molecule has 2 aliphatic rings. The number of nitrogens with one attached hydrogen (secondary N) is 1. The normalized spacial score (nSPS) is 26.3. The monoisotopic (exact) mass is 240 g/mol. The fourth-order valence-corrected chi connectivity index (χ4v) is 3.34. The summed E-state index contributed by atoms with van der Waals surface area (Å²) >= 11 is 0. The van der Waals surface area contributed by atoms with Crippen LogP contribution in [0.3, 0.4) is 0 Å². The van der Waals surface area contributed by atoms with Gasteiger partial charge in [-0.25, -0.2) is 0 Å². The van der Waals surface area contributed by atoms with Gasteiger partial charge in [0.25, 0.3) is 0 Å². The summed E-state index contributed by atoms with van der Waals surface area (Å²) < 4.78 is 5.57. The quantitative estimate of drug-likeness (QED) is 0.817. The molecule has 1 aliphatic heterocycles. The van der Waals surface area contributed by atoms with Crippen molar-refractivity contribution in [3.8, 4) is 0 Å². The number of hydrogen-bond donors (Lipinski definition) is 1. The molecule has 1 heterocycles. The standard InChI is InChI=1S/C14H28N2O/c1-13(2,17-3)11-16-10-6-9-15-14(12-16)7-4-5-8-14/h15H,4-12H2,1-3H3. The molecular formula is C14H28N2O. The Morgan fingerprint density at radius 3 is 2.59 bits per heavy atom. The summed E-state index contributed by atoms with van der Waals surface area (Å²) in [6.45, 7) is 9.03. The van der Waals surface area contributed by atoms with Crippen molar-refractivity contribution in [1.82, 2.24) is 10.2 Å². The largest absolute Gasteiger partial charge is 0.377 e. The lowest BCUT2D eigenvalue weighted by atomic mass is 9.96. The topological polar surface area (TPSA) is 24.5 Å². The third kappa shape index (κ3) is 3.43. The first kappa shape index (κ1) is 13.3.